The van der Waals surface area contributed by atoms with Gasteiger partial charge in [-0.15, -0.1) is 0 Å². The Kier molecular flexibility index (Phi) is 14.5. The molecule has 0 unspecified atom stereocenters. The first-order valence-electron chi connectivity index (χ1n) is 17.2. The Morgan fingerprint density at radius 1 is 0.712 bits per heavy atom. The van der Waals surface area contributed by atoms with Crippen LogP contribution in [0.2, 0.25) is 20.9 Å². The third kappa shape index (κ3) is 11.3. The second-order valence-electron chi connectivity index (χ2n) is 15.1. The molecule has 59 heavy (non-hydrogen) atoms. The van der Waals surface area contributed by atoms with E-state index in [9.17, 15) is 43.2 Å². The Balaban J connectivity index is 0.000000246. The number of imide groups is 1. The van der Waals surface area contributed by atoms with E-state index in [1.54, 1.807) is 46.1 Å². The second-order valence-corrected chi connectivity index (χ2v) is 16.5. The number of carbonyl (C=O) groups excluding carboxylic acids is 2. The third-order valence-electron chi connectivity index (χ3n) is 8.49. The summed E-state index contributed by atoms with van der Waals surface area (Å²) in [5.41, 5.74) is 5.21. The van der Waals surface area contributed by atoms with Gasteiger partial charge in [-0.05, 0) is 77.6 Å². The lowest BCUT2D eigenvalue weighted by atomic mass is 10.1. The van der Waals surface area contributed by atoms with E-state index in [4.69, 9.17) is 71.5 Å². The molecule has 2 aliphatic carbocycles. The first-order valence-corrected chi connectivity index (χ1v) is 18.7. The quantitative estimate of drug-likeness (QED) is 0.125. The van der Waals surface area contributed by atoms with E-state index < -0.39 is 84.1 Å². The van der Waals surface area contributed by atoms with E-state index in [1.165, 1.54) is 17.2 Å². The van der Waals surface area contributed by atoms with Crippen LogP contribution in [0, 0.1) is 0 Å². The zero-order valence-electron chi connectivity index (χ0n) is 31.7. The number of ether oxygens (including phenoxy) is 2. The molecule has 326 valence electrons. The van der Waals surface area contributed by atoms with Gasteiger partial charge in [-0.2, -0.15) is 23.1 Å². The number of hydrogen-bond acceptors (Lipinski definition) is 16. The van der Waals surface area contributed by atoms with Gasteiger partial charge in [-0.25, -0.2) is 39.2 Å². The molecule has 0 saturated heterocycles. The van der Waals surface area contributed by atoms with Crippen molar-refractivity contribution in [3.05, 3.63) is 33.5 Å². The van der Waals surface area contributed by atoms with Gasteiger partial charge in [0, 0.05) is 6.04 Å². The molecule has 4 heterocycles. The number of aliphatic carboxylic acids is 1. The third-order valence-corrected chi connectivity index (χ3v) is 9.36. The first-order chi connectivity index (χ1) is 27.0. The molecule has 0 spiro atoms. The predicted molar refractivity (Wildman–Crippen MR) is 202 cm³/mol. The van der Waals surface area contributed by atoms with Crippen LogP contribution < -0.4 is 5.73 Å². The standard InChI is InChI=1S/C20H27Cl2N5O6.C10H11Cl2N5O2.C2HF3O2/c1-19(2,3)32-17(30)27(18(31)33-20(4,5)6)10-7-9(12(28)13(10)29)26-8-23-11-14(21)24-16(22)25-15(11)26;11-8-5-9(16-10(12)15-8)17(2-14-5)4-1-3(13)6(18)7(4)19;3-2(4,5)1(6)7/h8-10,12-13,28-29H,7H2,1-6H3;2-4,6-7,18-19H,1,13H2;(H,6,7)/t9-,10+,12+,13-;3-,4+,6+,7-;/m10./s1. The summed E-state index contributed by atoms with van der Waals surface area (Å²) in [5, 5.41) is 48.6. The number of aliphatic hydroxyl groups is 4. The van der Waals surface area contributed by atoms with Gasteiger partial charge >= 0.3 is 24.3 Å². The minimum absolute atomic E-state index is 0.00316. The molecule has 4 aromatic rings. The van der Waals surface area contributed by atoms with E-state index in [-0.39, 0.29) is 38.5 Å². The number of amides is 2. The predicted octanol–water partition coefficient (Wildman–Crippen LogP) is 4.10. The van der Waals surface area contributed by atoms with Crippen molar-refractivity contribution < 1.29 is 62.6 Å². The van der Waals surface area contributed by atoms with Crippen molar-refractivity contribution in [2.24, 2.45) is 5.73 Å². The maximum atomic E-state index is 13.0. The Hall–Kier alpha value is -3.94. The molecule has 6 rings (SSSR count). The Bertz CT molecular complexity index is 2160. The maximum absolute atomic E-state index is 13.0. The van der Waals surface area contributed by atoms with Gasteiger partial charge < -0.3 is 49.9 Å². The molecular weight excluding hydrogens is 883 g/mol. The lowest BCUT2D eigenvalue weighted by molar-refractivity contribution is -0.192. The molecule has 4 aromatic heterocycles. The first kappa shape index (κ1) is 47.7. The van der Waals surface area contributed by atoms with Gasteiger partial charge in [0.05, 0.1) is 36.9 Å². The number of aliphatic hydroxyl groups excluding tert-OH is 4. The number of fused-ring (bicyclic) bond motifs is 2. The molecule has 0 aliphatic heterocycles. The number of hydrogen-bond donors (Lipinski definition) is 6. The number of carboxylic acid groups (broad SMARTS) is 1. The molecule has 2 amide bonds. The van der Waals surface area contributed by atoms with Crippen LogP contribution in [0.25, 0.3) is 22.3 Å². The summed E-state index contributed by atoms with van der Waals surface area (Å²) < 4.78 is 45.6. The smallest absolute Gasteiger partial charge is 0.475 e. The second kappa shape index (κ2) is 18.0. The molecule has 2 saturated carbocycles. The molecule has 20 nitrogen and oxygen atoms in total. The molecule has 2 fully saturated rings. The van der Waals surface area contributed by atoms with Crippen LogP contribution >= 0.6 is 46.4 Å². The highest BCUT2D eigenvalue weighted by Gasteiger charge is 2.51. The summed E-state index contributed by atoms with van der Waals surface area (Å²) in [7, 11) is 0. The normalized spacial score (nSPS) is 24.6. The number of nitrogens with zero attached hydrogens (tertiary/aromatic N) is 9. The van der Waals surface area contributed by atoms with Crippen molar-refractivity contribution in [2.45, 2.75) is 120 Å². The Labute approximate surface area is 352 Å². The Morgan fingerprint density at radius 2 is 1.08 bits per heavy atom. The SMILES string of the molecule is CC(C)(C)OC(=O)N(C(=O)OC(C)(C)C)[C@H]1C[C@@H](n2cnc3c(Cl)nc(Cl)nc32)[C@H](O)[C@@H]1O.N[C@H]1C[C@@H](n2cnc3c(Cl)nc(Cl)nc32)[C@H](O)[C@@H]1O.O=C(O)C(F)(F)F. The van der Waals surface area contributed by atoms with Crippen LogP contribution in [0.3, 0.4) is 0 Å². The lowest BCUT2D eigenvalue weighted by Crippen LogP contribution is -2.52. The van der Waals surface area contributed by atoms with Crippen LogP contribution in [-0.4, -0.2) is 142 Å². The van der Waals surface area contributed by atoms with Crippen molar-refractivity contribution in [3.63, 3.8) is 0 Å². The van der Waals surface area contributed by atoms with Crippen molar-refractivity contribution in [2.75, 3.05) is 0 Å². The summed E-state index contributed by atoms with van der Waals surface area (Å²) in [6.07, 6.45) is -8.70. The summed E-state index contributed by atoms with van der Waals surface area (Å²) in [6, 6.07) is -2.88. The average Bonchev–Trinajstić information content (AvgIpc) is 3.82. The minimum atomic E-state index is -5.08. The summed E-state index contributed by atoms with van der Waals surface area (Å²) in [4.78, 5) is 59.6. The maximum Gasteiger partial charge on any atom is 0.490 e. The van der Waals surface area contributed by atoms with E-state index in [0.29, 0.717) is 22.5 Å². The van der Waals surface area contributed by atoms with Crippen molar-refractivity contribution in [1.29, 1.82) is 0 Å². The zero-order valence-corrected chi connectivity index (χ0v) is 34.7. The van der Waals surface area contributed by atoms with E-state index >= 15 is 0 Å². The van der Waals surface area contributed by atoms with Crippen LogP contribution in [0.1, 0.15) is 66.5 Å². The van der Waals surface area contributed by atoms with Gasteiger partial charge in [0.2, 0.25) is 10.6 Å². The lowest BCUT2D eigenvalue weighted by Gasteiger charge is -2.33. The van der Waals surface area contributed by atoms with Crippen molar-refractivity contribution in [3.8, 4) is 0 Å². The van der Waals surface area contributed by atoms with Crippen molar-refractivity contribution in [1.82, 2.24) is 43.9 Å². The molecule has 27 heteroatoms. The van der Waals surface area contributed by atoms with E-state index in [0.717, 1.165) is 0 Å². The largest absolute Gasteiger partial charge is 0.490 e. The van der Waals surface area contributed by atoms with Crippen LogP contribution in [0.5, 0.6) is 0 Å². The van der Waals surface area contributed by atoms with Gasteiger partial charge in [0.15, 0.2) is 21.6 Å². The fraction of sp³-hybridized carbons (Fsp3) is 0.594. The summed E-state index contributed by atoms with van der Waals surface area (Å²) in [5.74, 6) is -2.76. The van der Waals surface area contributed by atoms with Crippen molar-refractivity contribution >= 4 is 86.9 Å². The molecule has 0 radical (unpaired) electrons. The highest BCUT2D eigenvalue weighted by molar-refractivity contribution is 6.35. The molecule has 2 aliphatic rings. The van der Waals surface area contributed by atoms with Gasteiger partial charge in [-0.3, -0.25) is 0 Å². The van der Waals surface area contributed by atoms with Crippen LogP contribution in [-0.2, 0) is 14.3 Å². The van der Waals surface area contributed by atoms with E-state index in [2.05, 4.69) is 29.9 Å². The molecule has 7 N–H and O–H groups in total. The molecule has 0 bridgehead atoms. The van der Waals surface area contributed by atoms with Gasteiger partial charge in [0.1, 0.15) is 40.5 Å². The highest BCUT2D eigenvalue weighted by atomic mass is 35.5. The number of nitrogens with two attached hydrogens (primary N) is 1. The summed E-state index contributed by atoms with van der Waals surface area (Å²) in [6.45, 7) is 9.87. The summed E-state index contributed by atoms with van der Waals surface area (Å²) >= 11 is 23.7. The number of halogens is 7. The molecule has 8 atom stereocenters. The van der Waals surface area contributed by atoms with Gasteiger partial charge in [0.25, 0.3) is 0 Å². The number of carbonyl (C=O) groups is 3. The van der Waals surface area contributed by atoms with Gasteiger partial charge in [-0.1, -0.05) is 23.2 Å². The van der Waals surface area contributed by atoms with Crippen LogP contribution in [0.4, 0.5) is 22.8 Å². The minimum Gasteiger partial charge on any atom is -0.475 e. The zero-order chi connectivity index (χ0) is 44.7. The van der Waals surface area contributed by atoms with Crippen LogP contribution in [0.15, 0.2) is 12.7 Å². The molecule has 0 aromatic carbocycles. The fourth-order valence-corrected chi connectivity index (χ4v) is 6.84. The number of imidazole rings is 2. The molecular formula is C32H39Cl4F3N10O10. The number of alkyl halides is 3. The fourth-order valence-electron chi connectivity index (χ4n) is 6.00. The van der Waals surface area contributed by atoms with E-state index in [1.807, 2.05) is 0 Å². The monoisotopic (exact) mass is 920 g/mol. The highest BCUT2D eigenvalue weighted by Crippen LogP contribution is 2.38. The number of aromatic nitrogens is 8. The Morgan fingerprint density at radius 3 is 1.42 bits per heavy atom. The topological polar surface area (TPSA) is 287 Å². The number of rotatable bonds is 3. The number of carboxylic acids is 1. The average molecular weight is 923 g/mol.